The number of amidine groups is 1. The van der Waals surface area contributed by atoms with E-state index in [0.717, 1.165) is 11.1 Å². The molecule has 1 amide bonds. The van der Waals surface area contributed by atoms with Gasteiger partial charge in [-0.2, -0.15) is 0 Å². The zero-order valence-corrected chi connectivity index (χ0v) is 13.2. The highest BCUT2D eigenvalue weighted by Gasteiger charge is 2.09. The molecule has 0 aliphatic carbocycles. The second-order valence-corrected chi connectivity index (χ2v) is 5.08. The van der Waals surface area contributed by atoms with E-state index >= 15 is 0 Å². The van der Waals surface area contributed by atoms with Gasteiger partial charge in [-0.1, -0.05) is 41.4 Å². The fourth-order valence-electron chi connectivity index (χ4n) is 1.78. The summed E-state index contributed by atoms with van der Waals surface area (Å²) >= 11 is 5.87. The van der Waals surface area contributed by atoms with Crippen LogP contribution in [0.5, 0.6) is 0 Å². The van der Waals surface area contributed by atoms with Gasteiger partial charge in [0.1, 0.15) is 5.84 Å². The van der Waals surface area contributed by atoms with Crippen molar-refractivity contribution in [2.24, 2.45) is 4.99 Å². The minimum absolute atomic E-state index is 0.300. The van der Waals surface area contributed by atoms with Crippen LogP contribution in [0.1, 0.15) is 18.1 Å². The van der Waals surface area contributed by atoms with E-state index in [1.807, 2.05) is 31.2 Å². The number of aryl methyl sites for hydroxylation is 1. The van der Waals surface area contributed by atoms with Crippen molar-refractivity contribution in [3.05, 3.63) is 64.7 Å². The Balaban J connectivity index is 2.33. The number of hydrogen-bond acceptors (Lipinski definition) is 3. The first-order valence-corrected chi connectivity index (χ1v) is 7.31. The molecular formula is C17H17ClN2O2. The van der Waals surface area contributed by atoms with Crippen LogP contribution >= 0.6 is 11.6 Å². The van der Waals surface area contributed by atoms with Crippen LogP contribution in [0, 0.1) is 6.92 Å². The summed E-state index contributed by atoms with van der Waals surface area (Å²) in [4.78, 5) is 16.2. The van der Waals surface area contributed by atoms with Crippen molar-refractivity contribution >= 4 is 29.2 Å². The van der Waals surface area contributed by atoms with E-state index in [-0.39, 0.29) is 0 Å². The number of ether oxygens (including phenoxy) is 1. The van der Waals surface area contributed by atoms with Gasteiger partial charge in [-0.25, -0.2) is 9.79 Å². The number of carbonyl (C=O) groups is 1. The van der Waals surface area contributed by atoms with Gasteiger partial charge in [-0.3, -0.25) is 5.32 Å². The van der Waals surface area contributed by atoms with Crippen molar-refractivity contribution in [2.45, 2.75) is 13.8 Å². The van der Waals surface area contributed by atoms with E-state index < -0.39 is 6.09 Å². The van der Waals surface area contributed by atoms with Gasteiger partial charge in [0.25, 0.3) is 0 Å². The lowest BCUT2D eigenvalue weighted by Crippen LogP contribution is -2.31. The monoisotopic (exact) mass is 316 g/mol. The minimum Gasteiger partial charge on any atom is -0.450 e. The van der Waals surface area contributed by atoms with Crippen LogP contribution in [-0.2, 0) is 4.74 Å². The molecule has 114 valence electrons. The van der Waals surface area contributed by atoms with E-state index in [9.17, 15) is 4.79 Å². The fraction of sp³-hybridized carbons (Fsp3) is 0.176. The highest BCUT2D eigenvalue weighted by Crippen LogP contribution is 2.17. The van der Waals surface area contributed by atoms with Gasteiger partial charge < -0.3 is 4.74 Å². The molecule has 0 spiro atoms. The van der Waals surface area contributed by atoms with Gasteiger partial charge in [-0.05, 0) is 38.1 Å². The summed E-state index contributed by atoms with van der Waals surface area (Å²) in [6.45, 7) is 4.05. The summed E-state index contributed by atoms with van der Waals surface area (Å²) in [6.07, 6.45) is -0.532. The van der Waals surface area contributed by atoms with Crippen molar-refractivity contribution in [3.63, 3.8) is 0 Å². The molecule has 0 aliphatic rings. The summed E-state index contributed by atoms with van der Waals surface area (Å²) in [5.74, 6) is 0.431. The molecule has 2 aromatic rings. The van der Waals surface area contributed by atoms with Crippen molar-refractivity contribution in [1.82, 2.24) is 5.32 Å². The maximum absolute atomic E-state index is 11.7. The molecule has 2 rings (SSSR count). The SMILES string of the molecule is CCOC(=O)NC(=Nc1ccc(Cl)cc1)c1ccc(C)cc1. The maximum atomic E-state index is 11.7. The van der Waals surface area contributed by atoms with Gasteiger partial charge >= 0.3 is 6.09 Å². The predicted molar refractivity (Wildman–Crippen MR) is 89.0 cm³/mol. The van der Waals surface area contributed by atoms with Crippen LogP contribution in [0.15, 0.2) is 53.5 Å². The van der Waals surface area contributed by atoms with E-state index in [4.69, 9.17) is 16.3 Å². The number of amides is 1. The third-order valence-corrected chi connectivity index (χ3v) is 3.14. The van der Waals surface area contributed by atoms with Crippen LogP contribution in [0.25, 0.3) is 0 Å². The second-order valence-electron chi connectivity index (χ2n) is 4.65. The van der Waals surface area contributed by atoms with E-state index in [0.29, 0.717) is 23.2 Å². The minimum atomic E-state index is -0.532. The molecule has 0 atom stereocenters. The molecular weight excluding hydrogens is 300 g/mol. The summed E-state index contributed by atoms with van der Waals surface area (Å²) in [5.41, 5.74) is 2.62. The number of rotatable bonds is 3. The number of carbonyl (C=O) groups excluding carboxylic acids is 1. The Bertz CT molecular complexity index is 664. The molecule has 0 saturated carbocycles. The van der Waals surface area contributed by atoms with Crippen LogP contribution in [0.3, 0.4) is 0 Å². The Morgan fingerprint density at radius 1 is 1.14 bits per heavy atom. The number of alkyl carbamates (subject to hydrolysis) is 1. The lowest BCUT2D eigenvalue weighted by Gasteiger charge is -2.09. The van der Waals surface area contributed by atoms with Crippen molar-refractivity contribution < 1.29 is 9.53 Å². The van der Waals surface area contributed by atoms with Gasteiger partial charge in [-0.15, -0.1) is 0 Å². The predicted octanol–water partition coefficient (Wildman–Crippen LogP) is 4.47. The molecule has 22 heavy (non-hydrogen) atoms. The topological polar surface area (TPSA) is 50.7 Å². The quantitative estimate of drug-likeness (QED) is 0.670. The average Bonchev–Trinajstić information content (AvgIpc) is 2.50. The first-order chi connectivity index (χ1) is 10.6. The third-order valence-electron chi connectivity index (χ3n) is 2.89. The van der Waals surface area contributed by atoms with Crippen LogP contribution < -0.4 is 5.32 Å². The largest absolute Gasteiger partial charge is 0.450 e. The summed E-state index contributed by atoms with van der Waals surface area (Å²) in [7, 11) is 0. The molecule has 0 radical (unpaired) electrons. The maximum Gasteiger partial charge on any atom is 0.412 e. The van der Waals surface area contributed by atoms with E-state index in [1.165, 1.54) is 0 Å². The molecule has 0 aliphatic heterocycles. The number of nitrogens with zero attached hydrogens (tertiary/aromatic N) is 1. The highest BCUT2D eigenvalue weighted by molar-refractivity contribution is 6.30. The Morgan fingerprint density at radius 3 is 2.36 bits per heavy atom. The molecule has 5 heteroatoms. The Kier molecular flexibility index (Phi) is 5.55. The number of nitrogens with one attached hydrogen (secondary N) is 1. The lowest BCUT2D eigenvalue weighted by molar-refractivity contribution is 0.158. The third kappa shape index (κ3) is 4.60. The molecule has 2 aromatic carbocycles. The number of halogens is 1. The fourth-order valence-corrected chi connectivity index (χ4v) is 1.91. The molecule has 4 nitrogen and oxygen atoms in total. The molecule has 0 bridgehead atoms. The first kappa shape index (κ1) is 16.0. The van der Waals surface area contributed by atoms with Crippen molar-refractivity contribution in [3.8, 4) is 0 Å². The van der Waals surface area contributed by atoms with Crippen molar-refractivity contribution in [2.75, 3.05) is 6.61 Å². The molecule has 0 saturated heterocycles. The van der Waals surface area contributed by atoms with E-state index in [2.05, 4.69) is 10.3 Å². The lowest BCUT2D eigenvalue weighted by atomic mass is 10.1. The molecule has 0 aromatic heterocycles. The number of benzene rings is 2. The van der Waals surface area contributed by atoms with Gasteiger partial charge in [0.2, 0.25) is 0 Å². The van der Waals surface area contributed by atoms with Gasteiger partial charge in [0, 0.05) is 10.6 Å². The first-order valence-electron chi connectivity index (χ1n) is 6.93. The Labute approximate surface area is 134 Å². The molecule has 1 N–H and O–H groups in total. The molecule has 0 fully saturated rings. The van der Waals surface area contributed by atoms with Gasteiger partial charge in [0.05, 0.1) is 12.3 Å². The van der Waals surface area contributed by atoms with Crippen LogP contribution in [0.2, 0.25) is 5.02 Å². The highest BCUT2D eigenvalue weighted by atomic mass is 35.5. The number of aliphatic imine (C=N–C) groups is 1. The average molecular weight is 317 g/mol. The summed E-state index contributed by atoms with van der Waals surface area (Å²) in [6, 6.07) is 14.8. The summed E-state index contributed by atoms with van der Waals surface area (Å²) in [5, 5.41) is 3.31. The second kappa shape index (κ2) is 7.61. The normalized spacial score (nSPS) is 11.1. The molecule has 0 heterocycles. The van der Waals surface area contributed by atoms with Crippen LogP contribution in [0.4, 0.5) is 10.5 Å². The van der Waals surface area contributed by atoms with Crippen molar-refractivity contribution in [1.29, 1.82) is 0 Å². The van der Waals surface area contributed by atoms with Gasteiger partial charge in [0.15, 0.2) is 0 Å². The zero-order chi connectivity index (χ0) is 15.9. The summed E-state index contributed by atoms with van der Waals surface area (Å²) < 4.78 is 4.92. The Hall–Kier alpha value is -2.33. The van der Waals surface area contributed by atoms with E-state index in [1.54, 1.807) is 31.2 Å². The Morgan fingerprint density at radius 2 is 1.77 bits per heavy atom. The number of hydrogen-bond donors (Lipinski definition) is 1. The standard InChI is InChI=1S/C17H17ClN2O2/c1-3-22-17(21)20-16(13-6-4-12(2)5-7-13)19-15-10-8-14(18)9-11-15/h4-11H,3H2,1-2H3,(H,19,20,21). The van der Waals surface area contributed by atoms with Crippen LogP contribution in [-0.4, -0.2) is 18.5 Å². The molecule has 0 unspecified atom stereocenters. The smallest absolute Gasteiger partial charge is 0.412 e. The zero-order valence-electron chi connectivity index (χ0n) is 12.5.